The van der Waals surface area contributed by atoms with Gasteiger partial charge in [-0.25, -0.2) is 8.78 Å². The Hall–Kier alpha value is -2.57. The van der Waals surface area contributed by atoms with Crippen molar-refractivity contribution in [2.45, 2.75) is 26.8 Å². The van der Waals surface area contributed by atoms with Crippen molar-refractivity contribution in [3.63, 3.8) is 0 Å². The minimum atomic E-state index is -2.72. The summed E-state index contributed by atoms with van der Waals surface area (Å²) in [6, 6.07) is 8.72. The maximum Gasteiger partial charge on any atom is 0.295 e. The number of carbonyl (C=O) groups is 2. The fourth-order valence-corrected chi connectivity index (χ4v) is 2.54. The van der Waals surface area contributed by atoms with Crippen LogP contribution in [0.4, 0.5) is 8.78 Å². The van der Waals surface area contributed by atoms with Crippen LogP contribution in [-0.4, -0.2) is 39.3 Å². The van der Waals surface area contributed by atoms with E-state index >= 15 is 0 Å². The number of carbonyl (C=O) groups excluding carboxylic acids is 2. The van der Waals surface area contributed by atoms with Gasteiger partial charge in [0, 0.05) is 19.3 Å². The first-order valence-electron chi connectivity index (χ1n) is 7.47. The minimum Gasteiger partial charge on any atom is -0.326 e. The molecular weight excluding hydrogens is 316 g/mol. The number of aromatic nitrogens is 2. The van der Waals surface area contributed by atoms with Crippen LogP contribution in [0.25, 0.3) is 0 Å². The molecule has 0 aliphatic rings. The lowest BCUT2D eigenvalue weighted by molar-refractivity contribution is -0.129. The molecule has 1 aromatic carbocycles. The molecule has 0 unspecified atom stereocenters. The van der Waals surface area contributed by atoms with Crippen molar-refractivity contribution in [2.75, 3.05) is 6.54 Å². The van der Waals surface area contributed by atoms with Gasteiger partial charge in [0.25, 0.3) is 18.1 Å². The quantitative estimate of drug-likeness (QED) is 0.602. The molecule has 0 aliphatic carbocycles. The Kier molecular flexibility index (Phi) is 5.43. The van der Waals surface area contributed by atoms with Crippen molar-refractivity contribution in [1.82, 2.24) is 14.7 Å². The van der Waals surface area contributed by atoms with Crippen molar-refractivity contribution in [1.29, 1.82) is 0 Å². The number of nitrogens with zero attached hydrogens (tertiary/aromatic N) is 3. The molecule has 0 N–H and O–H groups in total. The Balaban J connectivity index is 2.28. The van der Waals surface area contributed by atoms with Crippen LogP contribution in [0.5, 0.6) is 0 Å². The number of rotatable bonds is 6. The highest BCUT2D eigenvalue weighted by Gasteiger charge is 2.29. The summed E-state index contributed by atoms with van der Waals surface area (Å²) in [5.41, 5.74) is 1.79. The molecule has 0 spiro atoms. The van der Waals surface area contributed by atoms with Crippen LogP contribution in [0.15, 0.2) is 30.3 Å². The van der Waals surface area contributed by atoms with Crippen LogP contribution < -0.4 is 0 Å². The number of aryl methyl sites for hydroxylation is 2. The molecule has 1 aromatic heterocycles. The van der Waals surface area contributed by atoms with E-state index < -0.39 is 24.7 Å². The first-order valence-corrected chi connectivity index (χ1v) is 7.47. The van der Waals surface area contributed by atoms with Crippen molar-refractivity contribution < 1.29 is 18.4 Å². The Morgan fingerprint density at radius 1 is 1.21 bits per heavy atom. The summed E-state index contributed by atoms with van der Waals surface area (Å²) in [7, 11) is 1.66. The second-order valence-corrected chi connectivity index (χ2v) is 5.56. The molecule has 7 heteroatoms. The first kappa shape index (κ1) is 17.8. The highest BCUT2D eigenvalue weighted by molar-refractivity contribution is 6.43. The number of hydrogen-bond acceptors (Lipinski definition) is 3. The summed E-state index contributed by atoms with van der Waals surface area (Å²) >= 11 is 0. The van der Waals surface area contributed by atoms with Crippen LogP contribution in [-0.2, 0) is 18.4 Å². The fraction of sp³-hybridized carbons (Fsp3) is 0.353. The lowest BCUT2D eigenvalue weighted by atomic mass is 10.1. The number of hydrogen-bond donors (Lipinski definition) is 0. The zero-order valence-corrected chi connectivity index (χ0v) is 13.8. The fourth-order valence-electron chi connectivity index (χ4n) is 2.54. The lowest BCUT2D eigenvalue weighted by Crippen LogP contribution is -2.39. The Labute approximate surface area is 138 Å². The topological polar surface area (TPSA) is 55.2 Å². The standard InChI is InChI=1S/C17H19F2N3O2/c1-11-15(12(2)21(3)20-11)16(23)17(24)22(10-14(18)19)9-13-7-5-4-6-8-13/h4-8,14H,9-10H2,1-3H3. The molecule has 0 aliphatic heterocycles. The highest BCUT2D eigenvalue weighted by Crippen LogP contribution is 2.16. The van der Waals surface area contributed by atoms with Crippen molar-refractivity contribution in [2.24, 2.45) is 7.05 Å². The van der Waals surface area contributed by atoms with E-state index in [4.69, 9.17) is 0 Å². The van der Waals surface area contributed by atoms with Crippen molar-refractivity contribution >= 4 is 11.7 Å². The molecule has 24 heavy (non-hydrogen) atoms. The second kappa shape index (κ2) is 7.33. The van der Waals surface area contributed by atoms with Gasteiger partial charge < -0.3 is 4.90 Å². The third-order valence-corrected chi connectivity index (χ3v) is 3.79. The van der Waals surface area contributed by atoms with E-state index in [1.807, 2.05) is 0 Å². The molecule has 2 aromatic rings. The van der Waals surface area contributed by atoms with Crippen molar-refractivity contribution in [3.8, 4) is 0 Å². The molecule has 0 atom stereocenters. The normalized spacial score (nSPS) is 10.9. The highest BCUT2D eigenvalue weighted by atomic mass is 19.3. The van der Waals surface area contributed by atoms with E-state index in [0.717, 1.165) is 4.90 Å². The lowest BCUT2D eigenvalue weighted by Gasteiger charge is -2.21. The monoisotopic (exact) mass is 335 g/mol. The van der Waals surface area contributed by atoms with Crippen LogP contribution in [0.1, 0.15) is 27.3 Å². The zero-order chi connectivity index (χ0) is 17.9. The van der Waals surface area contributed by atoms with E-state index in [2.05, 4.69) is 5.10 Å². The van der Waals surface area contributed by atoms with Crippen molar-refractivity contribution in [3.05, 3.63) is 52.8 Å². The molecular formula is C17H19F2N3O2. The molecule has 0 bridgehead atoms. The van der Waals surface area contributed by atoms with Crippen LogP contribution in [0.3, 0.4) is 0 Å². The van der Waals surface area contributed by atoms with E-state index in [1.54, 1.807) is 51.2 Å². The van der Waals surface area contributed by atoms with Crippen LogP contribution in [0, 0.1) is 13.8 Å². The SMILES string of the molecule is Cc1nn(C)c(C)c1C(=O)C(=O)N(Cc1ccccc1)CC(F)F. The smallest absolute Gasteiger partial charge is 0.295 e. The Morgan fingerprint density at radius 2 is 1.83 bits per heavy atom. The summed E-state index contributed by atoms with van der Waals surface area (Å²) in [5.74, 6) is -1.76. The van der Waals surface area contributed by atoms with Gasteiger partial charge in [0.05, 0.1) is 17.8 Å². The zero-order valence-electron chi connectivity index (χ0n) is 13.8. The molecule has 0 saturated heterocycles. The number of ketones is 1. The predicted octanol–water partition coefficient (Wildman–Crippen LogP) is 2.51. The molecule has 0 radical (unpaired) electrons. The predicted molar refractivity (Wildman–Crippen MR) is 84.9 cm³/mol. The van der Waals surface area contributed by atoms with Gasteiger partial charge >= 0.3 is 0 Å². The van der Waals surface area contributed by atoms with Gasteiger partial charge in [-0.15, -0.1) is 0 Å². The van der Waals surface area contributed by atoms with Gasteiger partial charge in [-0.05, 0) is 19.4 Å². The summed E-state index contributed by atoms with van der Waals surface area (Å²) in [4.78, 5) is 25.9. The molecule has 1 heterocycles. The average molecular weight is 335 g/mol. The molecule has 2 rings (SSSR count). The van der Waals surface area contributed by atoms with E-state index in [9.17, 15) is 18.4 Å². The van der Waals surface area contributed by atoms with E-state index in [1.165, 1.54) is 4.68 Å². The largest absolute Gasteiger partial charge is 0.326 e. The minimum absolute atomic E-state index is 0.0475. The summed E-state index contributed by atoms with van der Waals surface area (Å²) < 4.78 is 27.2. The van der Waals surface area contributed by atoms with Crippen LogP contribution in [0.2, 0.25) is 0 Å². The van der Waals surface area contributed by atoms with Gasteiger partial charge in [-0.3, -0.25) is 14.3 Å². The number of Topliss-reactive ketones (excluding diaryl/α,β-unsaturated/α-hetero) is 1. The first-order chi connectivity index (χ1) is 11.3. The molecule has 5 nitrogen and oxygen atoms in total. The molecule has 1 amide bonds. The van der Waals surface area contributed by atoms with Gasteiger partial charge in [-0.1, -0.05) is 30.3 Å². The maximum absolute atomic E-state index is 12.9. The van der Waals surface area contributed by atoms with Gasteiger partial charge in [0.1, 0.15) is 0 Å². The number of amides is 1. The number of benzene rings is 1. The van der Waals surface area contributed by atoms with Gasteiger partial charge in [0.2, 0.25) is 0 Å². The van der Waals surface area contributed by atoms with Gasteiger partial charge in [-0.2, -0.15) is 5.10 Å². The summed E-state index contributed by atoms with van der Waals surface area (Å²) in [6.45, 7) is 2.43. The molecule has 0 saturated carbocycles. The Bertz CT molecular complexity index is 742. The third kappa shape index (κ3) is 3.84. The van der Waals surface area contributed by atoms with E-state index in [0.29, 0.717) is 17.0 Å². The second-order valence-electron chi connectivity index (χ2n) is 5.56. The number of halogens is 2. The maximum atomic E-state index is 12.9. The number of alkyl halides is 2. The van der Waals surface area contributed by atoms with E-state index in [-0.39, 0.29) is 12.1 Å². The Morgan fingerprint density at radius 3 is 2.33 bits per heavy atom. The summed E-state index contributed by atoms with van der Waals surface area (Å²) in [6.07, 6.45) is -2.72. The van der Waals surface area contributed by atoms with Gasteiger partial charge in [0.15, 0.2) is 0 Å². The van der Waals surface area contributed by atoms with Crippen LogP contribution >= 0.6 is 0 Å². The molecule has 0 fully saturated rings. The summed E-state index contributed by atoms with van der Waals surface area (Å²) in [5, 5.41) is 4.10. The average Bonchev–Trinajstić information content (AvgIpc) is 2.78. The third-order valence-electron chi connectivity index (χ3n) is 3.79. The molecule has 128 valence electrons.